The highest BCUT2D eigenvalue weighted by Gasteiger charge is 2.16. The maximum Gasteiger partial charge on any atom is 0.251 e. The van der Waals surface area contributed by atoms with Crippen molar-refractivity contribution in [2.45, 2.75) is 19.3 Å². The second kappa shape index (κ2) is 14.0. The Morgan fingerprint density at radius 2 is 0.852 bits per heavy atom. The average molecular weight is 429 g/mol. The molecule has 0 saturated carbocycles. The molecule has 150 valence electrons. The van der Waals surface area contributed by atoms with E-state index in [9.17, 15) is 14.4 Å². The lowest BCUT2D eigenvalue weighted by molar-refractivity contribution is 0.0953. The fraction of sp³-hybridized carbons (Fsp3) is 0.500. The Kier molecular flexibility index (Phi) is 12.4. The third-order valence-corrected chi connectivity index (χ3v) is 4.94. The van der Waals surface area contributed by atoms with E-state index in [2.05, 4.69) is 43.7 Å². The van der Waals surface area contributed by atoms with Gasteiger partial charge < -0.3 is 16.0 Å². The molecule has 3 unspecified atom stereocenters. The first-order valence-electron chi connectivity index (χ1n) is 9.13. The van der Waals surface area contributed by atoms with Gasteiger partial charge in [0, 0.05) is 36.3 Å². The van der Waals surface area contributed by atoms with Crippen molar-refractivity contribution in [2.24, 2.45) is 0 Å². The summed E-state index contributed by atoms with van der Waals surface area (Å²) in [4.78, 5) is 37.2. The summed E-state index contributed by atoms with van der Waals surface area (Å²) in [6.07, 6.45) is 5.20. The highest BCUT2D eigenvalue weighted by Crippen LogP contribution is 2.12. The van der Waals surface area contributed by atoms with Crippen molar-refractivity contribution < 1.29 is 14.4 Å². The van der Waals surface area contributed by atoms with Crippen LogP contribution in [0.5, 0.6) is 0 Å². The SMILES string of the molecule is O=C(NCCCP)c1cc(C(=O)NCCCP)cc(C(=O)NCCCP)c1. The van der Waals surface area contributed by atoms with Crippen molar-refractivity contribution in [3.63, 3.8) is 0 Å². The third kappa shape index (κ3) is 9.10. The Balaban J connectivity index is 3.01. The van der Waals surface area contributed by atoms with Crippen LogP contribution in [0.2, 0.25) is 0 Å². The van der Waals surface area contributed by atoms with Gasteiger partial charge >= 0.3 is 0 Å². The zero-order chi connectivity index (χ0) is 20.1. The van der Waals surface area contributed by atoms with Gasteiger partial charge in [0.25, 0.3) is 17.7 Å². The number of hydrogen-bond acceptors (Lipinski definition) is 3. The Morgan fingerprint density at radius 3 is 1.07 bits per heavy atom. The molecule has 0 bridgehead atoms. The first-order valence-corrected chi connectivity index (χ1v) is 11.6. The Bertz CT molecular complexity index is 543. The third-order valence-electron chi connectivity index (χ3n) is 3.72. The van der Waals surface area contributed by atoms with E-state index in [4.69, 9.17) is 0 Å². The number of nitrogens with one attached hydrogen (secondary N) is 3. The largest absolute Gasteiger partial charge is 0.352 e. The topological polar surface area (TPSA) is 87.3 Å². The molecular formula is C18H30N3O3P3. The van der Waals surface area contributed by atoms with E-state index >= 15 is 0 Å². The predicted octanol–water partition coefficient (Wildman–Crippen LogP) is 1.67. The summed E-state index contributed by atoms with van der Waals surface area (Å²) < 4.78 is 0. The second-order valence-electron chi connectivity index (χ2n) is 5.99. The molecular weight excluding hydrogens is 399 g/mol. The van der Waals surface area contributed by atoms with Crippen LogP contribution in [0.4, 0.5) is 0 Å². The summed E-state index contributed by atoms with van der Waals surface area (Å²) in [5, 5.41) is 8.45. The van der Waals surface area contributed by atoms with Gasteiger partial charge in [-0.25, -0.2) is 0 Å². The molecule has 0 aliphatic rings. The van der Waals surface area contributed by atoms with Gasteiger partial charge in [0.1, 0.15) is 0 Å². The monoisotopic (exact) mass is 429 g/mol. The summed E-state index contributed by atoms with van der Waals surface area (Å²) >= 11 is 0. The van der Waals surface area contributed by atoms with Crippen molar-refractivity contribution in [3.05, 3.63) is 34.9 Å². The van der Waals surface area contributed by atoms with E-state index in [1.807, 2.05) is 0 Å². The van der Waals surface area contributed by atoms with E-state index < -0.39 is 0 Å². The Labute approximate surface area is 168 Å². The number of benzene rings is 1. The van der Waals surface area contributed by atoms with E-state index in [-0.39, 0.29) is 17.7 Å². The van der Waals surface area contributed by atoms with Crippen molar-refractivity contribution in [1.82, 2.24) is 16.0 Å². The van der Waals surface area contributed by atoms with Gasteiger partial charge in [-0.1, -0.05) is 0 Å². The van der Waals surface area contributed by atoms with Crippen LogP contribution in [0.3, 0.4) is 0 Å². The van der Waals surface area contributed by atoms with Gasteiger partial charge in [0.15, 0.2) is 0 Å². The highest BCUT2D eigenvalue weighted by molar-refractivity contribution is 7.16. The first-order chi connectivity index (χ1) is 13.0. The molecule has 0 aliphatic heterocycles. The molecule has 1 aromatic rings. The molecule has 0 radical (unpaired) electrons. The summed E-state index contributed by atoms with van der Waals surface area (Å²) in [6, 6.07) is 4.60. The lowest BCUT2D eigenvalue weighted by Gasteiger charge is -2.11. The van der Waals surface area contributed by atoms with Crippen LogP contribution in [-0.4, -0.2) is 55.8 Å². The molecule has 0 aromatic heterocycles. The molecule has 0 spiro atoms. The summed E-state index contributed by atoms with van der Waals surface area (Å²) in [6.45, 7) is 1.63. The van der Waals surface area contributed by atoms with E-state index in [0.717, 1.165) is 37.7 Å². The van der Waals surface area contributed by atoms with E-state index in [1.54, 1.807) is 0 Å². The van der Waals surface area contributed by atoms with E-state index in [1.165, 1.54) is 18.2 Å². The molecule has 3 atom stereocenters. The van der Waals surface area contributed by atoms with Crippen LogP contribution >= 0.6 is 27.7 Å². The molecule has 1 aromatic carbocycles. The van der Waals surface area contributed by atoms with Crippen LogP contribution in [-0.2, 0) is 0 Å². The van der Waals surface area contributed by atoms with Gasteiger partial charge in [0.2, 0.25) is 0 Å². The first kappa shape index (κ1) is 24.0. The maximum absolute atomic E-state index is 12.4. The normalized spacial score (nSPS) is 10.3. The Morgan fingerprint density at radius 1 is 0.593 bits per heavy atom. The Hall–Kier alpha value is -1.08. The van der Waals surface area contributed by atoms with Gasteiger partial charge in [0.05, 0.1) is 0 Å². The minimum atomic E-state index is -0.285. The number of amides is 3. The highest BCUT2D eigenvalue weighted by atomic mass is 31.0. The molecule has 6 nitrogen and oxygen atoms in total. The maximum atomic E-state index is 12.4. The van der Waals surface area contributed by atoms with Gasteiger partial charge in [-0.3, -0.25) is 14.4 Å². The molecule has 3 N–H and O–H groups in total. The van der Waals surface area contributed by atoms with Crippen LogP contribution in [0, 0.1) is 0 Å². The molecule has 0 aliphatic carbocycles. The van der Waals surface area contributed by atoms with Gasteiger partial charge in [-0.2, -0.15) is 0 Å². The zero-order valence-electron chi connectivity index (χ0n) is 15.6. The fourth-order valence-corrected chi connectivity index (χ4v) is 2.85. The van der Waals surface area contributed by atoms with Crippen LogP contribution in [0.25, 0.3) is 0 Å². The average Bonchev–Trinajstić information content (AvgIpc) is 2.67. The van der Waals surface area contributed by atoms with E-state index in [0.29, 0.717) is 36.3 Å². The molecule has 0 fully saturated rings. The predicted molar refractivity (Wildman–Crippen MR) is 121 cm³/mol. The van der Waals surface area contributed by atoms with Crippen LogP contribution in [0.15, 0.2) is 18.2 Å². The minimum absolute atomic E-state index is 0.285. The van der Waals surface area contributed by atoms with Crippen molar-refractivity contribution >= 4 is 45.4 Å². The zero-order valence-corrected chi connectivity index (χ0v) is 19.0. The summed E-state index contributed by atoms with van der Waals surface area (Å²) in [5.74, 6) is -0.855. The number of carbonyl (C=O) groups is 3. The molecule has 3 amide bonds. The number of carbonyl (C=O) groups excluding carboxylic acids is 3. The summed E-state index contributed by atoms with van der Waals surface area (Å²) in [7, 11) is 7.83. The van der Waals surface area contributed by atoms with Gasteiger partial charge in [-0.15, -0.1) is 27.7 Å². The molecule has 0 heterocycles. The molecule has 27 heavy (non-hydrogen) atoms. The number of hydrogen-bond donors (Lipinski definition) is 3. The van der Waals surface area contributed by atoms with Gasteiger partial charge in [-0.05, 0) is 55.9 Å². The van der Waals surface area contributed by atoms with Crippen molar-refractivity contribution in [3.8, 4) is 0 Å². The quantitative estimate of drug-likeness (QED) is 0.349. The van der Waals surface area contributed by atoms with Crippen molar-refractivity contribution in [1.29, 1.82) is 0 Å². The van der Waals surface area contributed by atoms with Crippen molar-refractivity contribution in [2.75, 3.05) is 38.1 Å². The smallest absolute Gasteiger partial charge is 0.251 e. The molecule has 0 saturated heterocycles. The second-order valence-corrected chi connectivity index (χ2v) is 7.73. The van der Waals surface area contributed by atoms with Crippen LogP contribution in [0.1, 0.15) is 50.3 Å². The minimum Gasteiger partial charge on any atom is -0.352 e. The lowest BCUT2D eigenvalue weighted by Crippen LogP contribution is -2.29. The number of rotatable bonds is 12. The molecule has 1 rings (SSSR count). The van der Waals surface area contributed by atoms with Crippen LogP contribution < -0.4 is 16.0 Å². The lowest BCUT2D eigenvalue weighted by atomic mass is 10.0. The summed E-state index contributed by atoms with van der Waals surface area (Å²) in [5.41, 5.74) is 0.941. The fourth-order valence-electron chi connectivity index (χ4n) is 2.24. The standard InChI is InChI=1S/C18H30N3O3P3/c22-16(19-4-1-7-25)13-10-14(17(23)20-5-2-8-26)12-15(11-13)18(24)21-6-3-9-27/h10-12H,1-9,25-27H2,(H,19,22)(H,20,23)(H,21,24). The molecule has 9 heteroatoms.